The van der Waals surface area contributed by atoms with Gasteiger partial charge >= 0.3 is 69.8 Å². The van der Waals surface area contributed by atoms with Crippen molar-refractivity contribution in [3.63, 3.8) is 0 Å². The van der Waals surface area contributed by atoms with Crippen molar-refractivity contribution >= 4 is 29.4 Å². The van der Waals surface area contributed by atoms with E-state index in [2.05, 4.69) is 9.94 Å². The van der Waals surface area contributed by atoms with Crippen molar-refractivity contribution in [1.82, 2.24) is 0 Å². The number of unbranched alkanes of at least 4 members (excludes halogenated alkanes) is 2. The van der Waals surface area contributed by atoms with Gasteiger partial charge in [-0.25, -0.2) is 0 Å². The molecule has 0 saturated carbocycles. The molecule has 0 rings (SSSR count). The van der Waals surface area contributed by atoms with Crippen molar-refractivity contribution < 1.29 is 7.81 Å². The van der Waals surface area contributed by atoms with Crippen LogP contribution in [0.25, 0.3) is 0 Å². The second kappa shape index (κ2) is 6.41. The Hall–Kier alpha value is 0.288. The average molecular weight is 239 g/mol. The number of rotatable bonds is 4. The van der Waals surface area contributed by atoms with Crippen molar-refractivity contribution in [2.24, 2.45) is 0 Å². The second-order valence-electron chi connectivity index (χ2n) is 1.95. The van der Waals surface area contributed by atoms with Gasteiger partial charge in [0, 0.05) is 0 Å². The minimum atomic E-state index is -0.0362. The Morgan fingerprint density at radius 3 is 2.67 bits per heavy atom. The van der Waals surface area contributed by atoms with Gasteiger partial charge in [-0.3, -0.25) is 0 Å². The zero-order valence-electron chi connectivity index (χ0n) is 5.72. The van der Waals surface area contributed by atoms with Gasteiger partial charge < -0.3 is 0 Å². The van der Waals surface area contributed by atoms with Crippen LogP contribution in [0.15, 0.2) is 0 Å². The third-order valence-electron chi connectivity index (χ3n) is 1.12. The van der Waals surface area contributed by atoms with E-state index < -0.39 is 0 Å². The van der Waals surface area contributed by atoms with Gasteiger partial charge in [-0.05, 0) is 0 Å². The van der Waals surface area contributed by atoms with Crippen molar-refractivity contribution in [2.45, 2.75) is 32.6 Å². The number of carbonyl (C=O) groups is 1. The average Bonchev–Trinajstić information content (AvgIpc) is 1.89. The molecule has 0 fully saturated rings. The van der Waals surface area contributed by atoms with Crippen LogP contribution in [0.3, 0.4) is 0 Å². The monoisotopic (exact) mass is 238 g/mol. The van der Waals surface area contributed by atoms with Gasteiger partial charge in [0.05, 0.1) is 0 Å². The first-order chi connectivity index (χ1) is 4.31. The van der Waals surface area contributed by atoms with Crippen molar-refractivity contribution in [2.75, 3.05) is 0 Å². The fourth-order valence-corrected chi connectivity index (χ4v) is 0.915. The number of carbonyl (C=O) groups excluding carboxylic acids is 1. The van der Waals surface area contributed by atoms with Crippen LogP contribution in [0.4, 0.5) is 0 Å². The van der Waals surface area contributed by atoms with Crippen molar-refractivity contribution in [1.29, 1.82) is 0 Å². The Kier molecular flexibility index (Phi) is 6.61. The summed E-state index contributed by atoms with van der Waals surface area (Å²) in [7, 11) is 0. The summed E-state index contributed by atoms with van der Waals surface area (Å²) in [5, 5.41) is 0. The Labute approximate surface area is 70.0 Å². The molecule has 54 valence electrons. The van der Waals surface area contributed by atoms with E-state index in [-0.39, 0.29) is 5.97 Å². The molecule has 0 radical (unpaired) electrons. The van der Waals surface area contributed by atoms with Crippen LogP contribution in [0.1, 0.15) is 32.6 Å². The molecule has 0 bridgehead atoms. The molecule has 0 heterocycles. The summed E-state index contributed by atoms with van der Waals surface area (Å²) in [6.07, 6.45) is 3.88. The normalized spacial score (nSPS) is 9.11. The van der Waals surface area contributed by atoms with Crippen molar-refractivity contribution in [3.05, 3.63) is 0 Å². The van der Waals surface area contributed by atoms with Crippen LogP contribution in [-0.2, 0) is 7.81 Å². The maximum atomic E-state index is 10.5. The van der Waals surface area contributed by atoms with Crippen LogP contribution in [0, 0.1) is 0 Å². The van der Waals surface area contributed by atoms with Gasteiger partial charge in [0.15, 0.2) is 0 Å². The van der Waals surface area contributed by atoms with E-state index in [0.29, 0.717) is 29.9 Å². The molecule has 9 heavy (non-hydrogen) atoms. The van der Waals surface area contributed by atoms with Crippen LogP contribution in [0.5, 0.6) is 0 Å². The van der Waals surface area contributed by atoms with Gasteiger partial charge in [0.1, 0.15) is 0 Å². The predicted octanol–water partition coefficient (Wildman–Crippen LogP) is 0.658. The van der Waals surface area contributed by atoms with Crippen LogP contribution in [-0.4, -0.2) is 29.4 Å². The van der Waals surface area contributed by atoms with E-state index in [1.807, 2.05) is 0 Å². The third kappa shape index (κ3) is 6.17. The zero-order valence-corrected chi connectivity index (χ0v) is 9.02. The Balaban J connectivity index is 2.97. The van der Waals surface area contributed by atoms with E-state index in [9.17, 15) is 4.79 Å². The van der Waals surface area contributed by atoms with E-state index >= 15 is 0 Å². The fourth-order valence-electron chi connectivity index (χ4n) is 0.578. The van der Waals surface area contributed by atoms with E-state index in [1.54, 1.807) is 0 Å². The summed E-state index contributed by atoms with van der Waals surface area (Å²) >= 11 is 0.598. The zero-order chi connectivity index (χ0) is 7.11. The Morgan fingerprint density at radius 2 is 2.22 bits per heavy atom. The topological polar surface area (TPSA) is 26.3 Å². The van der Waals surface area contributed by atoms with Gasteiger partial charge in [-0.2, -0.15) is 0 Å². The van der Waals surface area contributed by atoms with Gasteiger partial charge in [-0.1, -0.05) is 0 Å². The molecule has 0 unspecified atom stereocenters. The first-order valence-electron chi connectivity index (χ1n) is 3.20. The summed E-state index contributed by atoms with van der Waals surface area (Å²) in [6, 6.07) is 0. The Bertz CT molecular complexity index is 83.1. The van der Waals surface area contributed by atoms with E-state index in [1.165, 1.54) is 0 Å². The van der Waals surface area contributed by atoms with Gasteiger partial charge in [-0.15, -0.1) is 0 Å². The van der Waals surface area contributed by atoms with Crippen LogP contribution >= 0.6 is 0 Å². The summed E-state index contributed by atoms with van der Waals surface area (Å²) in [6.45, 7) is 2.12. The molecule has 0 aromatic heterocycles. The Morgan fingerprint density at radius 1 is 1.56 bits per heavy atom. The van der Waals surface area contributed by atoms with Crippen LogP contribution < -0.4 is 0 Å². The minimum absolute atomic E-state index is 0.0362. The van der Waals surface area contributed by atoms with Crippen molar-refractivity contribution in [3.8, 4) is 0 Å². The molecule has 3 heteroatoms. The standard InChI is InChI=1S/C6H12O2.Sb.2H/c1-2-3-4-5-6(7)8;;;/h2-5H2,1H3,(H,7,8);;;/q;+1;;/p-1. The van der Waals surface area contributed by atoms with Gasteiger partial charge in [0.2, 0.25) is 0 Å². The van der Waals surface area contributed by atoms with Gasteiger partial charge in [0.25, 0.3) is 0 Å². The third-order valence-corrected chi connectivity index (χ3v) is 1.87. The molecule has 0 aromatic rings. The summed E-state index contributed by atoms with van der Waals surface area (Å²) in [5.41, 5.74) is 0. The molecular formula is C6H13O2Sb. The molecule has 2 nitrogen and oxygen atoms in total. The summed E-state index contributed by atoms with van der Waals surface area (Å²) in [5.74, 6) is -0.0362. The predicted molar refractivity (Wildman–Crippen MR) is 38.8 cm³/mol. The molecule has 0 atom stereocenters. The molecule has 0 aliphatic rings. The fraction of sp³-hybridized carbons (Fsp3) is 0.833. The summed E-state index contributed by atoms with van der Waals surface area (Å²) < 4.78 is 4.59. The van der Waals surface area contributed by atoms with E-state index in [0.717, 1.165) is 19.3 Å². The van der Waals surface area contributed by atoms with Crippen LogP contribution in [0.2, 0.25) is 0 Å². The number of hydrogen-bond donors (Lipinski definition) is 0. The number of hydrogen-bond acceptors (Lipinski definition) is 2. The molecule has 0 spiro atoms. The molecule has 0 amide bonds. The SMILES string of the molecule is CCCCCC(=O)[O][SbH2]. The molecule has 0 aliphatic heterocycles. The molecule has 0 aromatic carbocycles. The molecular weight excluding hydrogens is 226 g/mol. The second-order valence-corrected chi connectivity index (χ2v) is 2.62. The quantitative estimate of drug-likeness (QED) is 0.532. The maximum absolute atomic E-state index is 10.5. The molecule has 0 saturated heterocycles. The first kappa shape index (κ1) is 9.29. The summed E-state index contributed by atoms with van der Waals surface area (Å²) in [4.78, 5) is 10.5. The van der Waals surface area contributed by atoms with E-state index in [4.69, 9.17) is 0 Å². The molecule has 0 N–H and O–H groups in total. The molecule has 0 aliphatic carbocycles. The first-order valence-corrected chi connectivity index (χ1v) is 4.55.